The maximum Gasteiger partial charge on any atom is 0.389 e. The number of nitrogens with one attached hydrogen (secondary N) is 1. The Morgan fingerprint density at radius 1 is 1.28 bits per heavy atom. The molecule has 1 aromatic rings. The Morgan fingerprint density at radius 2 is 2.00 bits per heavy atom. The first-order valence-electron chi connectivity index (χ1n) is 5.74. The summed E-state index contributed by atoms with van der Waals surface area (Å²) < 4.78 is 35.8. The van der Waals surface area contributed by atoms with Gasteiger partial charge < -0.3 is 5.32 Å². The monoisotopic (exact) mass is 256 g/mol. The maximum absolute atomic E-state index is 11.9. The van der Waals surface area contributed by atoms with Gasteiger partial charge in [0.1, 0.15) is 6.07 Å². The number of rotatable bonds is 5. The zero-order chi connectivity index (χ0) is 13.6. The number of nitrogens with zero attached hydrogens (tertiary/aromatic N) is 1. The Kier molecular flexibility index (Phi) is 5.02. The molecule has 1 aromatic carbocycles. The highest BCUT2D eigenvalue weighted by Crippen LogP contribution is 2.23. The minimum atomic E-state index is -4.08. The summed E-state index contributed by atoms with van der Waals surface area (Å²) >= 11 is 0. The fourth-order valence-corrected chi connectivity index (χ4v) is 1.66. The van der Waals surface area contributed by atoms with Gasteiger partial charge >= 0.3 is 6.18 Å². The first kappa shape index (κ1) is 14.4. The number of halogens is 3. The lowest BCUT2D eigenvalue weighted by atomic mass is 10.1. The van der Waals surface area contributed by atoms with Gasteiger partial charge in [-0.2, -0.15) is 18.4 Å². The number of nitriles is 1. The zero-order valence-electron chi connectivity index (χ0n) is 10.1. The van der Waals surface area contributed by atoms with Crippen LogP contribution in [-0.2, 0) is 0 Å². The molecule has 0 radical (unpaired) electrons. The van der Waals surface area contributed by atoms with E-state index >= 15 is 0 Å². The molecule has 0 atom stereocenters. The number of benzene rings is 1. The average molecular weight is 256 g/mol. The second-order valence-electron chi connectivity index (χ2n) is 4.11. The predicted molar refractivity (Wildman–Crippen MR) is 64.3 cm³/mol. The molecule has 0 spiro atoms. The van der Waals surface area contributed by atoms with Gasteiger partial charge in [0.25, 0.3) is 0 Å². The number of unbranched alkanes of at least 4 members (excludes halogenated alkanes) is 1. The molecule has 0 aliphatic heterocycles. The van der Waals surface area contributed by atoms with E-state index in [1.165, 1.54) is 0 Å². The first-order valence-corrected chi connectivity index (χ1v) is 5.74. The van der Waals surface area contributed by atoms with Crippen LogP contribution in [0.3, 0.4) is 0 Å². The summed E-state index contributed by atoms with van der Waals surface area (Å²) in [6.07, 6.45) is -4.31. The highest BCUT2D eigenvalue weighted by molar-refractivity contribution is 5.62. The van der Waals surface area contributed by atoms with Gasteiger partial charge in [-0.1, -0.05) is 12.1 Å². The van der Waals surface area contributed by atoms with Crippen LogP contribution in [0.1, 0.15) is 30.4 Å². The normalized spacial score (nSPS) is 11.1. The van der Waals surface area contributed by atoms with Crippen molar-refractivity contribution < 1.29 is 13.2 Å². The molecule has 0 aliphatic carbocycles. The summed E-state index contributed by atoms with van der Waals surface area (Å²) in [5.74, 6) is 0. The third kappa shape index (κ3) is 4.66. The van der Waals surface area contributed by atoms with Gasteiger partial charge in [0.05, 0.1) is 11.3 Å². The third-order valence-corrected chi connectivity index (χ3v) is 2.58. The zero-order valence-corrected chi connectivity index (χ0v) is 10.1. The van der Waals surface area contributed by atoms with Crippen LogP contribution in [0.2, 0.25) is 0 Å². The van der Waals surface area contributed by atoms with Crippen LogP contribution in [0.5, 0.6) is 0 Å². The fourth-order valence-electron chi connectivity index (χ4n) is 1.66. The minimum absolute atomic E-state index is 0.101. The van der Waals surface area contributed by atoms with Crippen molar-refractivity contribution in [2.24, 2.45) is 0 Å². The van der Waals surface area contributed by atoms with E-state index < -0.39 is 12.6 Å². The van der Waals surface area contributed by atoms with Crippen LogP contribution in [0, 0.1) is 18.3 Å². The van der Waals surface area contributed by atoms with Crippen molar-refractivity contribution in [1.29, 1.82) is 5.26 Å². The van der Waals surface area contributed by atoms with Gasteiger partial charge in [-0.05, 0) is 31.4 Å². The van der Waals surface area contributed by atoms with Crippen LogP contribution in [0.15, 0.2) is 18.2 Å². The molecule has 0 bridgehead atoms. The fraction of sp³-hybridized carbons (Fsp3) is 0.462. The lowest BCUT2D eigenvalue weighted by molar-refractivity contribution is -0.135. The van der Waals surface area contributed by atoms with Crippen molar-refractivity contribution >= 4 is 5.69 Å². The first-order chi connectivity index (χ1) is 8.44. The lowest BCUT2D eigenvalue weighted by Crippen LogP contribution is -2.09. The quantitative estimate of drug-likeness (QED) is 0.808. The molecular formula is C13H15F3N2. The van der Waals surface area contributed by atoms with Crippen molar-refractivity contribution in [3.8, 4) is 6.07 Å². The summed E-state index contributed by atoms with van der Waals surface area (Å²) in [7, 11) is 0. The Bertz CT molecular complexity index is 433. The van der Waals surface area contributed by atoms with E-state index in [1.807, 2.05) is 13.0 Å². The van der Waals surface area contributed by atoms with E-state index in [-0.39, 0.29) is 6.42 Å². The highest BCUT2D eigenvalue weighted by atomic mass is 19.4. The Hall–Kier alpha value is -1.70. The molecule has 0 saturated heterocycles. The molecule has 0 saturated carbocycles. The molecule has 1 rings (SSSR count). The molecule has 0 aliphatic rings. The summed E-state index contributed by atoms with van der Waals surface area (Å²) in [5, 5.41) is 11.9. The van der Waals surface area contributed by atoms with Crippen molar-refractivity contribution in [3.63, 3.8) is 0 Å². The smallest absolute Gasteiger partial charge is 0.384 e. The minimum Gasteiger partial charge on any atom is -0.384 e. The molecule has 18 heavy (non-hydrogen) atoms. The summed E-state index contributed by atoms with van der Waals surface area (Å²) in [6.45, 7) is 2.30. The molecule has 0 unspecified atom stereocenters. The Morgan fingerprint density at radius 3 is 2.61 bits per heavy atom. The van der Waals surface area contributed by atoms with Crippen molar-refractivity contribution in [2.45, 2.75) is 32.4 Å². The third-order valence-electron chi connectivity index (χ3n) is 2.58. The van der Waals surface area contributed by atoms with E-state index in [1.54, 1.807) is 12.1 Å². The van der Waals surface area contributed by atoms with Gasteiger partial charge in [0, 0.05) is 13.0 Å². The van der Waals surface area contributed by atoms with Gasteiger partial charge in [0.2, 0.25) is 0 Å². The Balaban J connectivity index is 2.43. The number of hydrogen-bond donors (Lipinski definition) is 1. The second-order valence-corrected chi connectivity index (χ2v) is 4.11. The molecule has 0 fully saturated rings. The van der Waals surface area contributed by atoms with Crippen LogP contribution in [0.4, 0.5) is 18.9 Å². The molecule has 2 nitrogen and oxygen atoms in total. The number of alkyl halides is 3. The van der Waals surface area contributed by atoms with Crippen LogP contribution >= 0.6 is 0 Å². The van der Waals surface area contributed by atoms with Gasteiger partial charge in [-0.15, -0.1) is 0 Å². The maximum atomic E-state index is 11.9. The van der Waals surface area contributed by atoms with E-state index in [9.17, 15) is 13.2 Å². The molecule has 1 N–H and O–H groups in total. The lowest BCUT2D eigenvalue weighted by Gasteiger charge is -2.11. The number of anilines is 1. The largest absolute Gasteiger partial charge is 0.389 e. The molecule has 98 valence electrons. The number of aryl methyl sites for hydroxylation is 1. The van der Waals surface area contributed by atoms with Crippen LogP contribution in [0.25, 0.3) is 0 Å². The van der Waals surface area contributed by atoms with Gasteiger partial charge in [-0.25, -0.2) is 0 Å². The van der Waals surface area contributed by atoms with E-state index in [2.05, 4.69) is 11.4 Å². The highest BCUT2D eigenvalue weighted by Gasteiger charge is 2.25. The van der Waals surface area contributed by atoms with Crippen LogP contribution < -0.4 is 5.32 Å². The van der Waals surface area contributed by atoms with E-state index in [4.69, 9.17) is 5.26 Å². The van der Waals surface area contributed by atoms with Crippen LogP contribution in [-0.4, -0.2) is 12.7 Å². The molecule has 5 heteroatoms. The molecule has 0 amide bonds. The van der Waals surface area contributed by atoms with E-state index in [0.29, 0.717) is 24.2 Å². The van der Waals surface area contributed by atoms with Crippen molar-refractivity contribution in [3.05, 3.63) is 29.3 Å². The number of hydrogen-bond acceptors (Lipinski definition) is 2. The number of para-hydroxylation sites is 1. The summed E-state index contributed by atoms with van der Waals surface area (Å²) in [4.78, 5) is 0. The molecule has 0 heterocycles. The predicted octanol–water partition coefficient (Wildman–Crippen LogP) is 4.01. The topological polar surface area (TPSA) is 35.8 Å². The van der Waals surface area contributed by atoms with Gasteiger partial charge in [0.15, 0.2) is 0 Å². The average Bonchev–Trinajstić information content (AvgIpc) is 2.29. The van der Waals surface area contributed by atoms with Crippen molar-refractivity contribution in [2.75, 3.05) is 11.9 Å². The van der Waals surface area contributed by atoms with Crippen molar-refractivity contribution in [1.82, 2.24) is 0 Å². The summed E-state index contributed by atoms with van der Waals surface area (Å²) in [6, 6.07) is 7.39. The Labute approximate surface area is 104 Å². The van der Waals surface area contributed by atoms with Gasteiger partial charge in [-0.3, -0.25) is 0 Å². The van der Waals surface area contributed by atoms with E-state index in [0.717, 1.165) is 5.56 Å². The summed E-state index contributed by atoms with van der Waals surface area (Å²) in [5.41, 5.74) is 2.16. The second kappa shape index (κ2) is 6.29. The molecule has 0 aromatic heterocycles. The SMILES string of the molecule is Cc1cccc(C#N)c1NCCCCC(F)(F)F. The molecular weight excluding hydrogens is 241 g/mol. The standard InChI is InChI=1S/C13H15F3N2/c1-10-5-4-6-11(9-17)12(10)18-8-3-2-7-13(14,15)16/h4-6,18H,2-3,7-8H2,1H3.